The SMILES string of the molecule is CCNCc1noc(-c2ccoc2)n1. The Morgan fingerprint density at radius 3 is 3.14 bits per heavy atom. The van der Waals surface area contributed by atoms with Gasteiger partial charge in [-0.15, -0.1) is 0 Å². The molecule has 0 unspecified atom stereocenters. The zero-order valence-corrected chi connectivity index (χ0v) is 7.86. The molecule has 2 aromatic heterocycles. The Morgan fingerprint density at radius 1 is 1.50 bits per heavy atom. The highest BCUT2D eigenvalue weighted by Crippen LogP contribution is 2.16. The molecule has 74 valence electrons. The third kappa shape index (κ3) is 1.82. The van der Waals surface area contributed by atoms with Gasteiger partial charge in [-0.05, 0) is 12.6 Å². The molecule has 0 amide bonds. The average molecular weight is 193 g/mol. The first-order valence-electron chi connectivity index (χ1n) is 4.46. The summed E-state index contributed by atoms with van der Waals surface area (Å²) < 4.78 is 9.96. The van der Waals surface area contributed by atoms with E-state index in [2.05, 4.69) is 15.5 Å². The van der Waals surface area contributed by atoms with Crippen LogP contribution in [0.15, 0.2) is 27.5 Å². The summed E-state index contributed by atoms with van der Waals surface area (Å²) in [6, 6.07) is 1.78. The summed E-state index contributed by atoms with van der Waals surface area (Å²) >= 11 is 0. The second-order valence-corrected chi connectivity index (χ2v) is 2.81. The maximum atomic E-state index is 5.04. The molecule has 2 aromatic rings. The summed E-state index contributed by atoms with van der Waals surface area (Å²) in [6.07, 6.45) is 3.15. The highest BCUT2D eigenvalue weighted by Gasteiger charge is 2.08. The van der Waals surface area contributed by atoms with Gasteiger partial charge in [-0.3, -0.25) is 0 Å². The largest absolute Gasteiger partial charge is 0.472 e. The van der Waals surface area contributed by atoms with E-state index in [4.69, 9.17) is 8.94 Å². The molecular formula is C9H11N3O2. The van der Waals surface area contributed by atoms with Crippen molar-refractivity contribution in [1.29, 1.82) is 0 Å². The van der Waals surface area contributed by atoms with Crippen molar-refractivity contribution in [2.45, 2.75) is 13.5 Å². The zero-order valence-electron chi connectivity index (χ0n) is 7.86. The highest BCUT2D eigenvalue weighted by molar-refractivity contribution is 5.49. The van der Waals surface area contributed by atoms with Gasteiger partial charge < -0.3 is 14.3 Å². The van der Waals surface area contributed by atoms with Crippen LogP contribution in [0.4, 0.5) is 0 Å². The van der Waals surface area contributed by atoms with Crippen LogP contribution in [0.1, 0.15) is 12.7 Å². The van der Waals surface area contributed by atoms with Crippen molar-refractivity contribution in [2.24, 2.45) is 0 Å². The van der Waals surface area contributed by atoms with Gasteiger partial charge >= 0.3 is 0 Å². The van der Waals surface area contributed by atoms with Crippen molar-refractivity contribution in [3.63, 3.8) is 0 Å². The molecule has 0 saturated heterocycles. The van der Waals surface area contributed by atoms with E-state index >= 15 is 0 Å². The second-order valence-electron chi connectivity index (χ2n) is 2.81. The molecule has 0 aliphatic rings. The summed E-state index contributed by atoms with van der Waals surface area (Å²) in [4.78, 5) is 4.19. The fourth-order valence-corrected chi connectivity index (χ4v) is 1.07. The molecule has 0 saturated carbocycles. The third-order valence-corrected chi connectivity index (χ3v) is 1.77. The fraction of sp³-hybridized carbons (Fsp3) is 0.333. The number of furan rings is 1. The van der Waals surface area contributed by atoms with Crippen molar-refractivity contribution in [3.8, 4) is 11.5 Å². The van der Waals surface area contributed by atoms with Gasteiger partial charge in [-0.1, -0.05) is 12.1 Å². The predicted octanol–water partition coefficient (Wildman–Crippen LogP) is 1.44. The fourth-order valence-electron chi connectivity index (χ4n) is 1.07. The van der Waals surface area contributed by atoms with Crippen LogP contribution in [0, 0.1) is 0 Å². The van der Waals surface area contributed by atoms with Crippen molar-refractivity contribution in [1.82, 2.24) is 15.5 Å². The van der Waals surface area contributed by atoms with E-state index in [9.17, 15) is 0 Å². The molecule has 0 spiro atoms. The van der Waals surface area contributed by atoms with E-state index in [1.165, 1.54) is 0 Å². The van der Waals surface area contributed by atoms with Crippen LogP contribution in [-0.4, -0.2) is 16.7 Å². The lowest BCUT2D eigenvalue weighted by atomic mass is 10.3. The maximum absolute atomic E-state index is 5.04. The van der Waals surface area contributed by atoms with Gasteiger partial charge in [0.05, 0.1) is 18.4 Å². The first-order chi connectivity index (χ1) is 6.90. The molecule has 0 fully saturated rings. The number of rotatable bonds is 4. The number of nitrogens with one attached hydrogen (secondary N) is 1. The minimum Gasteiger partial charge on any atom is -0.472 e. The topological polar surface area (TPSA) is 64.1 Å². The smallest absolute Gasteiger partial charge is 0.261 e. The molecule has 0 radical (unpaired) electrons. The maximum Gasteiger partial charge on any atom is 0.261 e. The van der Waals surface area contributed by atoms with Gasteiger partial charge in [0.15, 0.2) is 5.82 Å². The monoisotopic (exact) mass is 193 g/mol. The Kier molecular flexibility index (Phi) is 2.60. The number of aromatic nitrogens is 2. The lowest BCUT2D eigenvalue weighted by Crippen LogP contribution is -2.12. The molecular weight excluding hydrogens is 182 g/mol. The minimum absolute atomic E-state index is 0.492. The van der Waals surface area contributed by atoms with Crippen molar-refractivity contribution in [3.05, 3.63) is 24.4 Å². The first-order valence-corrected chi connectivity index (χ1v) is 4.46. The van der Waals surface area contributed by atoms with E-state index in [1.54, 1.807) is 18.6 Å². The Labute approximate surface area is 81.1 Å². The molecule has 14 heavy (non-hydrogen) atoms. The molecule has 0 aromatic carbocycles. The van der Waals surface area contributed by atoms with Gasteiger partial charge in [-0.2, -0.15) is 4.98 Å². The van der Waals surface area contributed by atoms with E-state index < -0.39 is 0 Å². The predicted molar refractivity (Wildman–Crippen MR) is 49.4 cm³/mol. The zero-order chi connectivity index (χ0) is 9.80. The summed E-state index contributed by atoms with van der Waals surface area (Å²) in [5.74, 6) is 1.15. The Morgan fingerprint density at radius 2 is 2.43 bits per heavy atom. The van der Waals surface area contributed by atoms with E-state index in [0.717, 1.165) is 12.1 Å². The molecule has 0 aliphatic heterocycles. The summed E-state index contributed by atoms with van der Waals surface area (Å²) in [7, 11) is 0. The second kappa shape index (κ2) is 4.06. The summed E-state index contributed by atoms with van der Waals surface area (Å²) in [5.41, 5.74) is 0.806. The average Bonchev–Trinajstić information content (AvgIpc) is 2.85. The molecule has 5 nitrogen and oxygen atoms in total. The van der Waals surface area contributed by atoms with Crippen molar-refractivity contribution in [2.75, 3.05) is 6.54 Å². The van der Waals surface area contributed by atoms with Crippen LogP contribution < -0.4 is 5.32 Å². The van der Waals surface area contributed by atoms with Gasteiger partial charge in [0, 0.05) is 0 Å². The molecule has 1 N–H and O–H groups in total. The van der Waals surface area contributed by atoms with Gasteiger partial charge in [-0.25, -0.2) is 0 Å². The highest BCUT2D eigenvalue weighted by atomic mass is 16.5. The Bertz CT molecular complexity index is 380. The lowest BCUT2D eigenvalue weighted by Gasteiger charge is -1.91. The summed E-state index contributed by atoms with van der Waals surface area (Å²) in [5, 5.41) is 6.93. The normalized spacial score (nSPS) is 10.6. The van der Waals surface area contributed by atoms with E-state index in [-0.39, 0.29) is 0 Å². The lowest BCUT2D eigenvalue weighted by molar-refractivity contribution is 0.419. The Balaban J connectivity index is 2.10. The van der Waals surface area contributed by atoms with E-state index in [0.29, 0.717) is 18.3 Å². The molecule has 2 rings (SSSR count). The van der Waals surface area contributed by atoms with Crippen molar-refractivity contribution < 1.29 is 8.94 Å². The standard InChI is InChI=1S/C9H11N3O2/c1-2-10-5-8-11-9(14-12-8)7-3-4-13-6-7/h3-4,6,10H,2,5H2,1H3. The van der Waals surface area contributed by atoms with Gasteiger partial charge in [0.1, 0.15) is 6.26 Å². The molecule has 0 atom stereocenters. The number of nitrogens with zero attached hydrogens (tertiary/aromatic N) is 2. The van der Waals surface area contributed by atoms with Crippen LogP contribution in [0.5, 0.6) is 0 Å². The van der Waals surface area contributed by atoms with Crippen molar-refractivity contribution >= 4 is 0 Å². The number of hydrogen-bond donors (Lipinski definition) is 1. The quantitative estimate of drug-likeness (QED) is 0.795. The molecule has 0 aliphatic carbocycles. The van der Waals surface area contributed by atoms with Gasteiger partial charge in [0.2, 0.25) is 0 Å². The van der Waals surface area contributed by atoms with Crippen LogP contribution in [-0.2, 0) is 6.54 Å². The van der Waals surface area contributed by atoms with Gasteiger partial charge in [0.25, 0.3) is 5.89 Å². The minimum atomic E-state index is 0.492. The van der Waals surface area contributed by atoms with Crippen LogP contribution in [0.2, 0.25) is 0 Å². The summed E-state index contributed by atoms with van der Waals surface area (Å²) in [6.45, 7) is 3.53. The van der Waals surface area contributed by atoms with E-state index in [1.807, 2.05) is 6.92 Å². The molecule has 5 heteroatoms. The van der Waals surface area contributed by atoms with Crippen LogP contribution in [0.3, 0.4) is 0 Å². The van der Waals surface area contributed by atoms with Crippen LogP contribution in [0.25, 0.3) is 11.5 Å². The molecule has 0 bridgehead atoms. The molecule has 2 heterocycles. The Hall–Kier alpha value is -1.62. The third-order valence-electron chi connectivity index (χ3n) is 1.77. The van der Waals surface area contributed by atoms with Crippen LogP contribution >= 0.6 is 0 Å². The number of hydrogen-bond acceptors (Lipinski definition) is 5. The first kappa shape index (κ1) is 8.96.